The Labute approximate surface area is 80.6 Å². The highest BCUT2D eigenvalue weighted by Gasteiger charge is 2.18. The van der Waals surface area contributed by atoms with E-state index in [4.69, 9.17) is 10.8 Å². The molecule has 5 heteroatoms. The summed E-state index contributed by atoms with van der Waals surface area (Å²) in [5, 5.41) is 8.99. The summed E-state index contributed by atoms with van der Waals surface area (Å²) in [5.41, 5.74) is 6.06. The topological polar surface area (TPSA) is 59.1 Å². The van der Waals surface area contributed by atoms with Crippen LogP contribution in [0.5, 0.6) is 0 Å². The van der Waals surface area contributed by atoms with Crippen LogP contribution in [-0.2, 0) is 13.2 Å². The van der Waals surface area contributed by atoms with E-state index in [0.717, 1.165) is 0 Å². The Morgan fingerprint density at radius 3 is 2.64 bits per heavy atom. The van der Waals surface area contributed by atoms with Gasteiger partial charge in [-0.05, 0) is 18.1 Å². The van der Waals surface area contributed by atoms with Gasteiger partial charge in [-0.1, -0.05) is 0 Å². The van der Waals surface area contributed by atoms with Crippen LogP contribution in [0, 0.1) is 6.92 Å². The van der Waals surface area contributed by atoms with Crippen LogP contribution in [0.3, 0.4) is 0 Å². The molecule has 0 radical (unpaired) electrons. The fourth-order valence-electron chi connectivity index (χ4n) is 1.37. The molecule has 0 saturated heterocycles. The van der Waals surface area contributed by atoms with Gasteiger partial charge in [0.25, 0.3) is 6.43 Å². The van der Waals surface area contributed by atoms with Crippen LogP contribution in [0.15, 0.2) is 6.20 Å². The van der Waals surface area contributed by atoms with Crippen molar-refractivity contribution in [3.63, 3.8) is 0 Å². The molecule has 78 valence electrons. The molecule has 0 aliphatic heterocycles. The summed E-state index contributed by atoms with van der Waals surface area (Å²) in [5.74, 6) is 0. The first kappa shape index (κ1) is 11.0. The predicted octanol–water partition coefficient (Wildman–Crippen LogP) is 1.28. The van der Waals surface area contributed by atoms with Gasteiger partial charge in [-0.15, -0.1) is 0 Å². The van der Waals surface area contributed by atoms with E-state index in [1.807, 2.05) is 0 Å². The number of aryl methyl sites for hydroxylation is 1. The van der Waals surface area contributed by atoms with Crippen LogP contribution >= 0.6 is 0 Å². The maximum atomic E-state index is 12.6. The van der Waals surface area contributed by atoms with Crippen LogP contribution in [0.25, 0.3) is 0 Å². The summed E-state index contributed by atoms with van der Waals surface area (Å²) in [6.45, 7) is 1.15. The molecule has 3 nitrogen and oxygen atoms in total. The van der Waals surface area contributed by atoms with Gasteiger partial charge in [0.15, 0.2) is 0 Å². The minimum Gasteiger partial charge on any atom is -0.392 e. The summed E-state index contributed by atoms with van der Waals surface area (Å²) in [6.07, 6.45) is -1.21. The van der Waals surface area contributed by atoms with Gasteiger partial charge in [0.2, 0.25) is 0 Å². The van der Waals surface area contributed by atoms with Gasteiger partial charge in [0, 0.05) is 24.0 Å². The normalized spacial score (nSPS) is 11.0. The van der Waals surface area contributed by atoms with Crippen LogP contribution < -0.4 is 5.73 Å². The van der Waals surface area contributed by atoms with E-state index in [0.29, 0.717) is 5.56 Å². The van der Waals surface area contributed by atoms with Crippen LogP contribution in [0.4, 0.5) is 8.78 Å². The number of halogens is 2. The minimum absolute atomic E-state index is 0.100. The number of pyridine rings is 1. The zero-order valence-electron chi connectivity index (χ0n) is 7.80. The smallest absolute Gasteiger partial charge is 0.265 e. The summed E-state index contributed by atoms with van der Waals surface area (Å²) < 4.78 is 25.2. The summed E-state index contributed by atoms with van der Waals surface area (Å²) in [7, 11) is 0. The molecule has 0 saturated carbocycles. The Balaban J connectivity index is 3.35. The molecule has 0 unspecified atom stereocenters. The average Bonchev–Trinajstić information content (AvgIpc) is 2.16. The van der Waals surface area contributed by atoms with E-state index >= 15 is 0 Å². The van der Waals surface area contributed by atoms with Crippen LogP contribution in [0.2, 0.25) is 0 Å². The average molecular weight is 202 g/mol. The monoisotopic (exact) mass is 202 g/mol. The third-order valence-corrected chi connectivity index (χ3v) is 2.11. The number of hydrogen-bond donors (Lipinski definition) is 2. The molecular formula is C9H12F2N2O. The molecule has 1 aromatic rings. The molecule has 1 aromatic heterocycles. The molecule has 1 rings (SSSR count). The van der Waals surface area contributed by atoms with E-state index in [1.54, 1.807) is 0 Å². The second-order valence-electron chi connectivity index (χ2n) is 2.92. The lowest BCUT2D eigenvalue weighted by molar-refractivity contribution is 0.145. The zero-order valence-corrected chi connectivity index (χ0v) is 7.80. The van der Waals surface area contributed by atoms with E-state index in [-0.39, 0.29) is 23.4 Å². The standard InChI is InChI=1S/C9H12F2N2O/c1-5-8(9(10)11)7(4-14)6(2-12)3-13-5/h3,9,14H,2,4,12H2,1H3. The quantitative estimate of drug-likeness (QED) is 0.776. The van der Waals surface area contributed by atoms with Crippen molar-refractivity contribution in [1.29, 1.82) is 0 Å². The molecule has 0 aromatic carbocycles. The lowest BCUT2D eigenvalue weighted by Gasteiger charge is -2.12. The predicted molar refractivity (Wildman–Crippen MR) is 47.7 cm³/mol. The van der Waals surface area contributed by atoms with E-state index < -0.39 is 13.0 Å². The molecule has 0 spiro atoms. The second kappa shape index (κ2) is 4.43. The Bertz CT molecular complexity index is 329. The fourth-order valence-corrected chi connectivity index (χ4v) is 1.37. The number of nitrogens with zero attached hydrogens (tertiary/aromatic N) is 1. The number of aliphatic hydroxyl groups is 1. The lowest BCUT2D eigenvalue weighted by atomic mass is 10.0. The van der Waals surface area contributed by atoms with Gasteiger partial charge < -0.3 is 10.8 Å². The Morgan fingerprint density at radius 1 is 1.57 bits per heavy atom. The molecule has 0 atom stereocenters. The molecule has 0 aliphatic rings. The molecule has 0 aliphatic carbocycles. The van der Waals surface area contributed by atoms with Crippen molar-refractivity contribution in [1.82, 2.24) is 4.98 Å². The molecule has 14 heavy (non-hydrogen) atoms. The van der Waals surface area contributed by atoms with Crippen LogP contribution in [-0.4, -0.2) is 10.1 Å². The van der Waals surface area contributed by atoms with Crippen LogP contribution in [0.1, 0.15) is 28.8 Å². The number of nitrogens with two attached hydrogens (primary N) is 1. The Hall–Kier alpha value is -1.07. The van der Waals surface area contributed by atoms with E-state index in [9.17, 15) is 8.78 Å². The minimum atomic E-state index is -2.63. The highest BCUT2D eigenvalue weighted by atomic mass is 19.3. The highest BCUT2D eigenvalue weighted by Crippen LogP contribution is 2.27. The molecule has 3 N–H and O–H groups in total. The lowest BCUT2D eigenvalue weighted by Crippen LogP contribution is -2.08. The number of aromatic nitrogens is 1. The van der Waals surface area contributed by atoms with Gasteiger partial charge in [-0.3, -0.25) is 4.98 Å². The first-order valence-corrected chi connectivity index (χ1v) is 4.18. The van der Waals surface area contributed by atoms with Gasteiger partial charge in [0.1, 0.15) is 0 Å². The number of aliphatic hydroxyl groups excluding tert-OH is 1. The molecule has 0 amide bonds. The third kappa shape index (κ3) is 1.88. The van der Waals surface area contributed by atoms with Crippen molar-refractivity contribution < 1.29 is 13.9 Å². The summed E-state index contributed by atoms with van der Waals surface area (Å²) in [4.78, 5) is 3.81. The molecular weight excluding hydrogens is 190 g/mol. The zero-order chi connectivity index (χ0) is 10.7. The molecule has 0 fully saturated rings. The third-order valence-electron chi connectivity index (χ3n) is 2.11. The first-order chi connectivity index (χ1) is 6.61. The molecule has 1 heterocycles. The molecule has 0 bridgehead atoms. The number of alkyl halides is 2. The van der Waals surface area contributed by atoms with E-state index in [2.05, 4.69) is 4.98 Å². The first-order valence-electron chi connectivity index (χ1n) is 4.18. The van der Waals surface area contributed by atoms with Crippen molar-refractivity contribution in [3.05, 3.63) is 28.6 Å². The maximum Gasteiger partial charge on any atom is 0.265 e. The number of hydrogen-bond acceptors (Lipinski definition) is 3. The SMILES string of the molecule is Cc1ncc(CN)c(CO)c1C(F)F. The van der Waals surface area contributed by atoms with Gasteiger partial charge in [-0.25, -0.2) is 8.78 Å². The Morgan fingerprint density at radius 2 is 2.21 bits per heavy atom. The largest absolute Gasteiger partial charge is 0.392 e. The summed E-state index contributed by atoms with van der Waals surface area (Å²) in [6, 6.07) is 0. The van der Waals surface area contributed by atoms with Gasteiger partial charge in [0.05, 0.1) is 6.61 Å². The van der Waals surface area contributed by atoms with Crippen molar-refractivity contribution in [3.8, 4) is 0 Å². The van der Waals surface area contributed by atoms with Crippen molar-refractivity contribution >= 4 is 0 Å². The maximum absolute atomic E-state index is 12.6. The van der Waals surface area contributed by atoms with E-state index in [1.165, 1.54) is 13.1 Å². The van der Waals surface area contributed by atoms with Crippen molar-refractivity contribution in [2.45, 2.75) is 26.5 Å². The van der Waals surface area contributed by atoms with Crippen molar-refractivity contribution in [2.75, 3.05) is 0 Å². The number of rotatable bonds is 3. The fraction of sp³-hybridized carbons (Fsp3) is 0.444. The van der Waals surface area contributed by atoms with Crippen molar-refractivity contribution in [2.24, 2.45) is 5.73 Å². The highest BCUT2D eigenvalue weighted by molar-refractivity contribution is 5.36. The van der Waals surface area contributed by atoms with Gasteiger partial charge >= 0.3 is 0 Å². The Kier molecular flexibility index (Phi) is 3.49. The van der Waals surface area contributed by atoms with Gasteiger partial charge in [-0.2, -0.15) is 0 Å². The second-order valence-corrected chi connectivity index (χ2v) is 2.92. The summed E-state index contributed by atoms with van der Waals surface area (Å²) >= 11 is 0.